The van der Waals surface area contributed by atoms with Crippen LogP contribution in [0.2, 0.25) is 0 Å². The molecule has 0 bridgehead atoms. The number of hydrogen-bond acceptors (Lipinski definition) is 2. The summed E-state index contributed by atoms with van der Waals surface area (Å²) in [5, 5.41) is 3.69. The van der Waals surface area contributed by atoms with E-state index in [-0.39, 0.29) is 0 Å². The van der Waals surface area contributed by atoms with Crippen molar-refractivity contribution in [3.8, 4) is 0 Å². The maximum atomic E-state index is 6.33. The van der Waals surface area contributed by atoms with Crippen LogP contribution in [0.15, 0.2) is 0 Å². The highest BCUT2D eigenvalue weighted by Gasteiger charge is 2.27. The van der Waals surface area contributed by atoms with Crippen molar-refractivity contribution in [3.05, 3.63) is 0 Å². The van der Waals surface area contributed by atoms with Gasteiger partial charge < -0.3 is 10.1 Å². The quantitative estimate of drug-likeness (QED) is 0.780. The minimum atomic E-state index is 0.512. The Morgan fingerprint density at radius 1 is 1.00 bits per heavy atom. The smallest absolute Gasteiger partial charge is 0.0626 e. The van der Waals surface area contributed by atoms with Crippen molar-refractivity contribution in [3.63, 3.8) is 0 Å². The second-order valence-electron chi connectivity index (χ2n) is 7.44. The Morgan fingerprint density at radius 2 is 1.65 bits per heavy atom. The number of likely N-dealkylation sites (N-methyl/N-ethyl adjacent to an activating group) is 1. The molecule has 0 spiro atoms. The van der Waals surface area contributed by atoms with E-state index in [1.54, 1.807) is 0 Å². The zero-order valence-corrected chi connectivity index (χ0v) is 13.9. The normalized spacial score (nSPS) is 34.0. The van der Waals surface area contributed by atoms with Crippen molar-refractivity contribution in [1.82, 2.24) is 5.32 Å². The lowest BCUT2D eigenvalue weighted by Crippen LogP contribution is -2.42. The van der Waals surface area contributed by atoms with E-state index in [2.05, 4.69) is 26.1 Å². The van der Waals surface area contributed by atoms with Gasteiger partial charge in [-0.2, -0.15) is 0 Å². The third-order valence-corrected chi connectivity index (χ3v) is 5.33. The first-order valence-electron chi connectivity index (χ1n) is 9.04. The first kappa shape index (κ1) is 16.3. The van der Waals surface area contributed by atoms with E-state index in [1.165, 1.54) is 51.4 Å². The van der Waals surface area contributed by atoms with E-state index in [0.29, 0.717) is 12.1 Å². The van der Waals surface area contributed by atoms with Crippen LogP contribution in [-0.4, -0.2) is 25.3 Å². The second kappa shape index (κ2) is 8.38. The summed E-state index contributed by atoms with van der Waals surface area (Å²) in [5.74, 6) is 2.54. The molecule has 0 radical (unpaired) electrons. The van der Waals surface area contributed by atoms with Crippen LogP contribution in [0.25, 0.3) is 0 Å². The lowest BCUT2D eigenvalue weighted by atomic mass is 9.81. The van der Waals surface area contributed by atoms with Crippen LogP contribution in [-0.2, 0) is 4.74 Å². The molecule has 0 aromatic carbocycles. The largest absolute Gasteiger partial charge is 0.377 e. The van der Waals surface area contributed by atoms with Gasteiger partial charge in [0, 0.05) is 6.04 Å². The van der Waals surface area contributed by atoms with Gasteiger partial charge in [0.1, 0.15) is 0 Å². The number of rotatable bonds is 6. The lowest BCUT2D eigenvalue weighted by molar-refractivity contribution is -0.0179. The first-order valence-corrected chi connectivity index (χ1v) is 9.04. The topological polar surface area (TPSA) is 21.3 Å². The summed E-state index contributed by atoms with van der Waals surface area (Å²) in [6.07, 6.45) is 11.5. The molecule has 20 heavy (non-hydrogen) atoms. The van der Waals surface area contributed by atoms with E-state index in [9.17, 15) is 0 Å². The highest BCUT2D eigenvalue weighted by Crippen LogP contribution is 2.31. The van der Waals surface area contributed by atoms with Gasteiger partial charge in [-0.15, -0.1) is 0 Å². The fourth-order valence-electron chi connectivity index (χ4n) is 4.41. The van der Waals surface area contributed by atoms with Crippen molar-refractivity contribution in [1.29, 1.82) is 0 Å². The maximum absolute atomic E-state index is 6.33. The number of nitrogens with one attached hydrogen (secondary N) is 1. The summed E-state index contributed by atoms with van der Waals surface area (Å²) in [7, 11) is 0. The highest BCUT2D eigenvalue weighted by molar-refractivity contribution is 4.81. The fourth-order valence-corrected chi connectivity index (χ4v) is 4.41. The summed E-state index contributed by atoms with van der Waals surface area (Å²) in [6.45, 7) is 9.00. The van der Waals surface area contributed by atoms with Crippen molar-refractivity contribution in [2.45, 2.75) is 84.3 Å². The molecule has 0 saturated heterocycles. The molecule has 2 heteroatoms. The van der Waals surface area contributed by atoms with Crippen molar-refractivity contribution < 1.29 is 4.74 Å². The molecule has 118 valence electrons. The van der Waals surface area contributed by atoms with Gasteiger partial charge in [-0.25, -0.2) is 0 Å². The minimum Gasteiger partial charge on any atom is -0.377 e. The first-order chi connectivity index (χ1) is 9.69. The molecule has 2 fully saturated rings. The van der Waals surface area contributed by atoms with Gasteiger partial charge in [-0.3, -0.25) is 0 Å². The van der Waals surface area contributed by atoms with Crippen LogP contribution in [0.1, 0.15) is 72.1 Å². The van der Waals surface area contributed by atoms with Crippen LogP contribution in [0.4, 0.5) is 0 Å². The van der Waals surface area contributed by atoms with E-state index in [1.807, 2.05) is 0 Å². The van der Waals surface area contributed by atoms with Crippen molar-refractivity contribution in [2.24, 2.45) is 17.8 Å². The standard InChI is InChI=1S/C18H35NO/c1-4-19-18(16-8-6-5-7-9-16)13-20-17-11-14(2)10-15(3)12-17/h14-19H,4-13H2,1-3H3. The van der Waals surface area contributed by atoms with Crippen LogP contribution in [0.5, 0.6) is 0 Å². The summed E-state index contributed by atoms with van der Waals surface area (Å²) in [4.78, 5) is 0. The SMILES string of the molecule is CCNC(COC1CC(C)CC(C)C1)C1CCCCC1. The average Bonchev–Trinajstić information content (AvgIpc) is 2.43. The van der Waals surface area contributed by atoms with Gasteiger partial charge in [0.2, 0.25) is 0 Å². The molecule has 3 atom stereocenters. The molecule has 1 N–H and O–H groups in total. The van der Waals surface area contributed by atoms with Crippen LogP contribution >= 0.6 is 0 Å². The third-order valence-electron chi connectivity index (χ3n) is 5.33. The number of ether oxygens (including phenoxy) is 1. The van der Waals surface area contributed by atoms with Crippen molar-refractivity contribution >= 4 is 0 Å². The maximum Gasteiger partial charge on any atom is 0.0626 e. The van der Waals surface area contributed by atoms with E-state index < -0.39 is 0 Å². The molecule has 0 aliphatic heterocycles. The third kappa shape index (κ3) is 5.04. The van der Waals surface area contributed by atoms with Gasteiger partial charge in [0.15, 0.2) is 0 Å². The Hall–Kier alpha value is -0.0800. The molecule has 2 aliphatic rings. The van der Waals surface area contributed by atoms with Gasteiger partial charge in [-0.05, 0) is 56.4 Å². The Bertz CT molecular complexity index is 252. The predicted octanol–water partition coefficient (Wildman–Crippen LogP) is 4.39. The Morgan fingerprint density at radius 3 is 2.25 bits per heavy atom. The zero-order valence-electron chi connectivity index (χ0n) is 13.9. The molecule has 2 saturated carbocycles. The lowest BCUT2D eigenvalue weighted by Gasteiger charge is -2.35. The van der Waals surface area contributed by atoms with Crippen LogP contribution in [0, 0.1) is 17.8 Å². The molecule has 2 rings (SSSR count). The monoisotopic (exact) mass is 281 g/mol. The summed E-state index contributed by atoms with van der Waals surface area (Å²) >= 11 is 0. The average molecular weight is 281 g/mol. The number of hydrogen-bond donors (Lipinski definition) is 1. The van der Waals surface area contributed by atoms with E-state index in [0.717, 1.165) is 30.9 Å². The zero-order chi connectivity index (χ0) is 14.4. The van der Waals surface area contributed by atoms with E-state index >= 15 is 0 Å². The van der Waals surface area contributed by atoms with Crippen molar-refractivity contribution in [2.75, 3.05) is 13.2 Å². The van der Waals surface area contributed by atoms with Gasteiger partial charge >= 0.3 is 0 Å². The molecule has 0 aromatic heterocycles. The summed E-state index contributed by atoms with van der Waals surface area (Å²) in [6, 6.07) is 0.591. The van der Waals surface area contributed by atoms with Crippen LogP contribution < -0.4 is 5.32 Å². The minimum absolute atomic E-state index is 0.512. The van der Waals surface area contributed by atoms with Gasteiger partial charge in [0.25, 0.3) is 0 Å². The molecular formula is C18H35NO. The van der Waals surface area contributed by atoms with Gasteiger partial charge in [0.05, 0.1) is 12.7 Å². The van der Waals surface area contributed by atoms with E-state index in [4.69, 9.17) is 4.74 Å². The van der Waals surface area contributed by atoms with Gasteiger partial charge in [-0.1, -0.05) is 40.0 Å². The molecule has 2 nitrogen and oxygen atoms in total. The molecule has 3 unspecified atom stereocenters. The summed E-state index contributed by atoms with van der Waals surface area (Å²) < 4.78 is 6.33. The molecule has 2 aliphatic carbocycles. The Balaban J connectivity index is 1.78. The highest BCUT2D eigenvalue weighted by atomic mass is 16.5. The second-order valence-corrected chi connectivity index (χ2v) is 7.44. The fraction of sp³-hybridized carbons (Fsp3) is 1.00. The molecule has 0 amide bonds. The summed E-state index contributed by atoms with van der Waals surface area (Å²) in [5.41, 5.74) is 0. The van der Waals surface area contributed by atoms with Crippen LogP contribution in [0.3, 0.4) is 0 Å². The Labute approximate surface area is 126 Å². The Kier molecular flexibility index (Phi) is 6.83. The molecule has 0 heterocycles. The molecule has 0 aromatic rings. The molecular weight excluding hydrogens is 246 g/mol. The predicted molar refractivity (Wildman–Crippen MR) is 86.0 cm³/mol.